The normalized spacial score (nSPS) is 14.7. The Morgan fingerprint density at radius 3 is 2.59 bits per heavy atom. The number of esters is 1. The molecule has 0 amide bonds. The molecule has 0 aliphatic heterocycles. The van der Waals surface area contributed by atoms with E-state index in [0.717, 1.165) is 6.54 Å². The van der Waals surface area contributed by atoms with Crippen molar-refractivity contribution in [2.75, 3.05) is 54.1 Å². The van der Waals surface area contributed by atoms with Crippen molar-refractivity contribution in [1.29, 1.82) is 0 Å². The number of nitrogens with one attached hydrogen (secondary N) is 1. The highest BCUT2D eigenvalue weighted by Crippen LogP contribution is 2.03. The predicted octanol–water partition coefficient (Wildman–Crippen LogP) is -0.922. The summed E-state index contributed by atoms with van der Waals surface area (Å²) < 4.78 is 9.82. The van der Waals surface area contributed by atoms with E-state index in [4.69, 9.17) is 4.74 Å². The summed E-state index contributed by atoms with van der Waals surface area (Å²) in [6.45, 7) is 4.24. The number of hydrogen-bond acceptors (Lipinski definition) is 6. The Morgan fingerprint density at radius 2 is 2.06 bits per heavy atom. The molecule has 2 N–H and O–H groups in total. The second-order valence-corrected chi connectivity index (χ2v) is 4.36. The molecule has 0 saturated heterocycles. The van der Waals surface area contributed by atoms with Gasteiger partial charge in [0.2, 0.25) is 0 Å². The van der Waals surface area contributed by atoms with E-state index >= 15 is 0 Å². The van der Waals surface area contributed by atoms with Crippen LogP contribution in [0.4, 0.5) is 0 Å². The van der Waals surface area contributed by atoms with Crippen molar-refractivity contribution in [3.05, 3.63) is 0 Å². The molecule has 1 unspecified atom stereocenters. The maximum atomic E-state index is 11.1. The van der Waals surface area contributed by atoms with Crippen LogP contribution in [-0.4, -0.2) is 75.6 Å². The molecule has 0 aliphatic rings. The number of likely N-dealkylation sites (N-methyl/N-ethyl adjacent to an activating group) is 1. The van der Waals surface area contributed by atoms with Crippen molar-refractivity contribution in [2.45, 2.75) is 12.5 Å². The number of ether oxygens (including phenoxy) is 2. The van der Waals surface area contributed by atoms with Crippen LogP contribution in [0.5, 0.6) is 0 Å². The summed E-state index contributed by atoms with van der Waals surface area (Å²) >= 11 is 0. The zero-order valence-corrected chi connectivity index (χ0v) is 11.2. The van der Waals surface area contributed by atoms with Crippen LogP contribution in [0, 0.1) is 0 Å². The molecule has 0 aromatic heterocycles. The number of carbonyl (C=O) groups excluding carboxylic acids is 1. The van der Waals surface area contributed by atoms with Crippen LogP contribution in [0.15, 0.2) is 0 Å². The number of rotatable bonds is 9. The summed E-state index contributed by atoms with van der Waals surface area (Å²) in [5, 5.41) is 12.6. The van der Waals surface area contributed by atoms with E-state index in [0.29, 0.717) is 19.8 Å². The maximum Gasteiger partial charge on any atom is 0.338 e. The lowest BCUT2D eigenvalue weighted by Crippen LogP contribution is -2.46. The summed E-state index contributed by atoms with van der Waals surface area (Å²) in [6.07, 6.45) is 0. The molecule has 0 heterocycles. The quantitative estimate of drug-likeness (QED) is 0.406. The van der Waals surface area contributed by atoms with E-state index in [2.05, 4.69) is 10.1 Å². The third-order valence-electron chi connectivity index (χ3n) is 2.20. The van der Waals surface area contributed by atoms with E-state index in [1.807, 2.05) is 19.0 Å². The van der Waals surface area contributed by atoms with Gasteiger partial charge in [0, 0.05) is 19.6 Å². The van der Waals surface area contributed by atoms with Gasteiger partial charge in [-0.1, -0.05) is 0 Å². The third kappa shape index (κ3) is 8.09. The fourth-order valence-corrected chi connectivity index (χ4v) is 1.12. The molecule has 0 fully saturated rings. The van der Waals surface area contributed by atoms with Gasteiger partial charge in [-0.15, -0.1) is 0 Å². The number of nitrogens with zero attached hydrogens (tertiary/aromatic N) is 1. The first-order valence-corrected chi connectivity index (χ1v) is 5.64. The van der Waals surface area contributed by atoms with Gasteiger partial charge in [-0.05, 0) is 21.0 Å². The molecule has 0 aliphatic carbocycles. The Hall–Kier alpha value is -0.690. The van der Waals surface area contributed by atoms with E-state index in [9.17, 15) is 9.90 Å². The van der Waals surface area contributed by atoms with Crippen LogP contribution in [0.3, 0.4) is 0 Å². The first-order valence-electron chi connectivity index (χ1n) is 5.64. The summed E-state index contributed by atoms with van der Waals surface area (Å²) in [7, 11) is 5.21. The second kappa shape index (κ2) is 8.41. The van der Waals surface area contributed by atoms with Crippen LogP contribution >= 0.6 is 0 Å². The van der Waals surface area contributed by atoms with E-state index in [1.54, 1.807) is 0 Å². The summed E-state index contributed by atoms with van der Waals surface area (Å²) in [5.41, 5.74) is -1.49. The lowest BCUT2D eigenvalue weighted by molar-refractivity contribution is -0.159. The molecule has 0 spiro atoms. The van der Waals surface area contributed by atoms with Crippen molar-refractivity contribution in [2.24, 2.45) is 0 Å². The highest BCUT2D eigenvalue weighted by molar-refractivity contribution is 5.78. The minimum atomic E-state index is -1.49. The SMILES string of the molecule is COC(=O)C(C)(O)CNCCOCCN(C)C. The Balaban J connectivity index is 3.48. The number of carbonyl (C=O) groups is 1. The fourth-order valence-electron chi connectivity index (χ4n) is 1.12. The van der Waals surface area contributed by atoms with Crippen LogP contribution < -0.4 is 5.32 Å². The first-order chi connectivity index (χ1) is 7.90. The van der Waals surface area contributed by atoms with Gasteiger partial charge in [0.05, 0.1) is 20.3 Å². The topological polar surface area (TPSA) is 71.0 Å². The Morgan fingerprint density at radius 1 is 1.41 bits per heavy atom. The molecular weight excluding hydrogens is 224 g/mol. The predicted molar refractivity (Wildman–Crippen MR) is 64.9 cm³/mol. The van der Waals surface area contributed by atoms with Gasteiger partial charge in [-0.3, -0.25) is 0 Å². The van der Waals surface area contributed by atoms with Crippen molar-refractivity contribution in [3.8, 4) is 0 Å². The number of aliphatic hydroxyl groups is 1. The molecule has 6 heteroatoms. The van der Waals surface area contributed by atoms with E-state index in [-0.39, 0.29) is 6.54 Å². The van der Waals surface area contributed by atoms with Gasteiger partial charge in [0.1, 0.15) is 0 Å². The molecule has 0 aromatic rings. The zero-order chi connectivity index (χ0) is 13.3. The molecule has 0 aromatic carbocycles. The third-order valence-corrected chi connectivity index (χ3v) is 2.20. The van der Waals surface area contributed by atoms with Gasteiger partial charge in [0.25, 0.3) is 0 Å². The monoisotopic (exact) mass is 248 g/mol. The largest absolute Gasteiger partial charge is 0.467 e. The lowest BCUT2D eigenvalue weighted by Gasteiger charge is -2.20. The Bertz CT molecular complexity index is 220. The minimum Gasteiger partial charge on any atom is -0.467 e. The standard InChI is InChI=1S/C11H24N2O4/c1-11(15,10(14)16-4)9-12-5-7-17-8-6-13(2)3/h12,15H,5-9H2,1-4H3. The molecule has 0 radical (unpaired) electrons. The van der Waals surface area contributed by atoms with Crippen molar-refractivity contribution in [3.63, 3.8) is 0 Å². The Labute approximate surface area is 103 Å². The van der Waals surface area contributed by atoms with Gasteiger partial charge in [-0.25, -0.2) is 4.79 Å². The Kier molecular flexibility index (Phi) is 8.07. The molecule has 1 atom stereocenters. The number of methoxy groups -OCH3 is 1. The van der Waals surface area contributed by atoms with Crippen LogP contribution in [0.1, 0.15) is 6.92 Å². The zero-order valence-electron chi connectivity index (χ0n) is 11.2. The van der Waals surface area contributed by atoms with E-state index < -0.39 is 11.6 Å². The molecule has 6 nitrogen and oxygen atoms in total. The lowest BCUT2D eigenvalue weighted by atomic mass is 10.1. The number of hydrogen-bond donors (Lipinski definition) is 2. The minimum absolute atomic E-state index is 0.150. The average molecular weight is 248 g/mol. The van der Waals surface area contributed by atoms with Crippen LogP contribution in [0.2, 0.25) is 0 Å². The summed E-state index contributed by atoms with van der Waals surface area (Å²) in [6, 6.07) is 0. The molecule has 0 bridgehead atoms. The smallest absolute Gasteiger partial charge is 0.338 e. The second-order valence-electron chi connectivity index (χ2n) is 4.36. The highest BCUT2D eigenvalue weighted by atomic mass is 16.5. The van der Waals surface area contributed by atoms with Gasteiger partial charge < -0.3 is 24.8 Å². The molecular formula is C11H24N2O4. The molecule has 0 saturated carbocycles. The average Bonchev–Trinajstić information content (AvgIpc) is 2.26. The fraction of sp³-hybridized carbons (Fsp3) is 0.909. The van der Waals surface area contributed by atoms with E-state index in [1.165, 1.54) is 14.0 Å². The summed E-state index contributed by atoms with van der Waals surface area (Å²) in [4.78, 5) is 13.2. The maximum absolute atomic E-state index is 11.1. The van der Waals surface area contributed by atoms with Crippen molar-refractivity contribution in [1.82, 2.24) is 10.2 Å². The first kappa shape index (κ1) is 16.3. The van der Waals surface area contributed by atoms with Crippen molar-refractivity contribution < 1.29 is 19.4 Å². The molecule has 102 valence electrons. The van der Waals surface area contributed by atoms with Gasteiger partial charge >= 0.3 is 5.97 Å². The van der Waals surface area contributed by atoms with Crippen LogP contribution in [-0.2, 0) is 14.3 Å². The van der Waals surface area contributed by atoms with Crippen LogP contribution in [0.25, 0.3) is 0 Å². The molecule has 17 heavy (non-hydrogen) atoms. The summed E-state index contributed by atoms with van der Waals surface area (Å²) in [5.74, 6) is -0.640. The van der Waals surface area contributed by atoms with Gasteiger partial charge in [-0.2, -0.15) is 0 Å². The highest BCUT2D eigenvalue weighted by Gasteiger charge is 2.30. The van der Waals surface area contributed by atoms with Gasteiger partial charge in [0.15, 0.2) is 5.60 Å². The molecule has 0 rings (SSSR count). The van der Waals surface area contributed by atoms with Crippen molar-refractivity contribution >= 4 is 5.97 Å².